The van der Waals surface area contributed by atoms with Gasteiger partial charge in [-0.2, -0.15) is 5.10 Å². The summed E-state index contributed by atoms with van der Waals surface area (Å²) in [5.74, 6) is -1.01. The van der Waals surface area contributed by atoms with Crippen molar-refractivity contribution >= 4 is 33.9 Å². The molecule has 3 N–H and O–H groups in total. The van der Waals surface area contributed by atoms with Gasteiger partial charge in [0.1, 0.15) is 0 Å². The molecule has 8 heteroatoms. The minimum absolute atomic E-state index is 0.0312. The molecule has 0 aliphatic heterocycles. The second-order valence-electron chi connectivity index (χ2n) is 5.18. The molecule has 1 aromatic carbocycles. The Morgan fingerprint density at radius 1 is 1.08 bits per heavy atom. The lowest BCUT2D eigenvalue weighted by Crippen LogP contribution is -2.42. The van der Waals surface area contributed by atoms with E-state index in [-0.39, 0.29) is 11.3 Å². The Bertz CT molecular complexity index is 1010. The van der Waals surface area contributed by atoms with Crippen molar-refractivity contribution in [3.8, 4) is 0 Å². The van der Waals surface area contributed by atoms with Crippen LogP contribution in [0.2, 0.25) is 0 Å². The first-order chi connectivity index (χ1) is 11.5. The third-order valence-corrected chi connectivity index (χ3v) is 4.45. The molecule has 24 heavy (non-hydrogen) atoms. The molecule has 0 spiro atoms. The van der Waals surface area contributed by atoms with Crippen molar-refractivity contribution in [2.45, 2.75) is 13.8 Å². The average molecular weight is 342 g/mol. The number of amides is 2. The van der Waals surface area contributed by atoms with Gasteiger partial charge in [-0.15, -0.1) is 11.3 Å². The van der Waals surface area contributed by atoms with E-state index in [0.717, 1.165) is 9.75 Å². The first-order valence-corrected chi connectivity index (χ1v) is 7.94. The van der Waals surface area contributed by atoms with Crippen molar-refractivity contribution in [3.63, 3.8) is 0 Å². The zero-order valence-electron chi connectivity index (χ0n) is 13.0. The maximum atomic E-state index is 12.3. The number of aryl methyl sites for hydroxylation is 2. The van der Waals surface area contributed by atoms with Crippen LogP contribution in [0.5, 0.6) is 0 Å². The Kier molecular flexibility index (Phi) is 4.13. The van der Waals surface area contributed by atoms with Crippen molar-refractivity contribution in [2.24, 2.45) is 0 Å². The summed E-state index contributed by atoms with van der Waals surface area (Å²) in [7, 11) is 0. The molecule has 2 amide bonds. The number of hydrogen-bond donors (Lipinski definition) is 3. The highest BCUT2D eigenvalue weighted by atomic mass is 32.1. The molecular formula is C16H14N4O3S. The molecule has 0 aliphatic carbocycles. The molecule has 0 radical (unpaired) electrons. The molecule has 0 unspecified atom stereocenters. The van der Waals surface area contributed by atoms with Gasteiger partial charge in [0.15, 0.2) is 5.69 Å². The zero-order valence-corrected chi connectivity index (χ0v) is 13.8. The smallest absolute Gasteiger partial charge is 0.267 e. The number of thiophene rings is 1. The maximum absolute atomic E-state index is 12.3. The minimum Gasteiger partial charge on any atom is -0.267 e. The highest BCUT2D eigenvalue weighted by Crippen LogP contribution is 2.20. The number of benzene rings is 1. The van der Waals surface area contributed by atoms with Gasteiger partial charge in [0.2, 0.25) is 0 Å². The summed E-state index contributed by atoms with van der Waals surface area (Å²) in [4.78, 5) is 38.0. The molecule has 0 fully saturated rings. The molecule has 7 nitrogen and oxygen atoms in total. The quantitative estimate of drug-likeness (QED) is 0.616. The summed E-state index contributed by atoms with van der Waals surface area (Å²) in [6.45, 7) is 3.74. The van der Waals surface area contributed by atoms with E-state index in [1.807, 2.05) is 13.8 Å². The number of carbonyl (C=O) groups excluding carboxylic acids is 2. The monoisotopic (exact) mass is 342 g/mol. The van der Waals surface area contributed by atoms with Crippen LogP contribution >= 0.6 is 11.3 Å². The molecular weight excluding hydrogens is 328 g/mol. The third-order valence-electron chi connectivity index (χ3n) is 3.49. The number of hydrazine groups is 1. The molecule has 0 atom stereocenters. The summed E-state index contributed by atoms with van der Waals surface area (Å²) in [5.41, 5.74) is 4.86. The Balaban J connectivity index is 1.81. The summed E-state index contributed by atoms with van der Waals surface area (Å²) in [6.07, 6.45) is 0. The molecule has 3 aromatic rings. The number of H-pyrrole nitrogens is 1. The van der Waals surface area contributed by atoms with Crippen molar-refractivity contribution in [2.75, 3.05) is 0 Å². The van der Waals surface area contributed by atoms with E-state index in [4.69, 9.17) is 0 Å². The number of rotatable bonds is 2. The van der Waals surface area contributed by atoms with Crippen LogP contribution in [0.4, 0.5) is 0 Å². The van der Waals surface area contributed by atoms with Crippen molar-refractivity contribution < 1.29 is 9.59 Å². The van der Waals surface area contributed by atoms with Gasteiger partial charge in [-0.1, -0.05) is 18.2 Å². The van der Waals surface area contributed by atoms with Crippen LogP contribution in [0, 0.1) is 13.8 Å². The Morgan fingerprint density at radius 3 is 2.42 bits per heavy atom. The predicted molar refractivity (Wildman–Crippen MR) is 91.1 cm³/mol. The van der Waals surface area contributed by atoms with E-state index in [2.05, 4.69) is 21.0 Å². The predicted octanol–water partition coefficient (Wildman–Crippen LogP) is 1.68. The van der Waals surface area contributed by atoms with Crippen LogP contribution in [-0.4, -0.2) is 22.0 Å². The Labute approximate surface area is 140 Å². The van der Waals surface area contributed by atoms with Crippen molar-refractivity contribution in [1.82, 2.24) is 21.0 Å². The van der Waals surface area contributed by atoms with Crippen molar-refractivity contribution in [1.29, 1.82) is 0 Å². The van der Waals surface area contributed by atoms with E-state index in [9.17, 15) is 14.4 Å². The van der Waals surface area contributed by atoms with Gasteiger partial charge in [0, 0.05) is 15.1 Å². The molecule has 2 aromatic heterocycles. The summed E-state index contributed by atoms with van der Waals surface area (Å²) >= 11 is 1.51. The number of nitrogens with zero attached hydrogens (tertiary/aromatic N) is 1. The van der Waals surface area contributed by atoms with Crippen LogP contribution in [0.15, 0.2) is 35.1 Å². The maximum Gasteiger partial charge on any atom is 0.290 e. The number of aromatic nitrogens is 2. The molecule has 0 saturated carbocycles. The van der Waals surface area contributed by atoms with Crippen molar-refractivity contribution in [3.05, 3.63) is 61.7 Å². The highest BCUT2D eigenvalue weighted by molar-refractivity contribution is 7.12. The average Bonchev–Trinajstić information content (AvgIpc) is 2.91. The van der Waals surface area contributed by atoms with E-state index < -0.39 is 11.8 Å². The van der Waals surface area contributed by atoms with Crippen LogP contribution in [0.3, 0.4) is 0 Å². The van der Waals surface area contributed by atoms with Gasteiger partial charge >= 0.3 is 0 Å². The molecule has 0 aliphatic rings. The number of hydrogen-bond acceptors (Lipinski definition) is 5. The Hall–Kier alpha value is -3.00. The minimum atomic E-state index is -0.611. The van der Waals surface area contributed by atoms with Crippen LogP contribution in [0.25, 0.3) is 10.8 Å². The summed E-state index contributed by atoms with van der Waals surface area (Å²) in [5, 5.41) is 6.83. The Morgan fingerprint density at radius 2 is 1.75 bits per heavy atom. The van der Waals surface area contributed by atoms with E-state index in [0.29, 0.717) is 16.3 Å². The van der Waals surface area contributed by atoms with Gasteiger partial charge in [-0.05, 0) is 26.0 Å². The largest absolute Gasteiger partial charge is 0.290 e. The normalized spacial score (nSPS) is 10.6. The van der Waals surface area contributed by atoms with Gasteiger partial charge in [0.05, 0.1) is 10.9 Å². The molecule has 0 saturated heterocycles. The molecule has 3 rings (SSSR count). The molecule has 2 heterocycles. The summed E-state index contributed by atoms with van der Waals surface area (Å²) in [6, 6.07) is 8.39. The first-order valence-electron chi connectivity index (χ1n) is 7.12. The molecule has 0 bridgehead atoms. The number of nitrogens with one attached hydrogen (secondary N) is 3. The van der Waals surface area contributed by atoms with Gasteiger partial charge < -0.3 is 0 Å². The van der Waals surface area contributed by atoms with Crippen LogP contribution in [-0.2, 0) is 0 Å². The third kappa shape index (κ3) is 2.91. The van der Waals surface area contributed by atoms with Gasteiger partial charge in [-0.3, -0.25) is 25.2 Å². The number of aromatic amines is 1. The topological polar surface area (TPSA) is 104 Å². The second kappa shape index (κ2) is 6.25. The second-order valence-corrected chi connectivity index (χ2v) is 6.64. The lowest BCUT2D eigenvalue weighted by molar-refractivity contribution is 0.0844. The number of fused-ring (bicyclic) bond motifs is 1. The molecule has 122 valence electrons. The standard InChI is InChI=1S/C16H14N4O3S/c1-8-7-12(9(2)24-8)15(22)19-20-16(23)13-10-5-3-4-6-11(10)14(21)18-17-13/h3-7H,1-2H3,(H,18,21)(H,19,22)(H,20,23). The van der Waals surface area contributed by atoms with E-state index >= 15 is 0 Å². The van der Waals surface area contributed by atoms with E-state index in [1.165, 1.54) is 11.3 Å². The van der Waals surface area contributed by atoms with E-state index in [1.54, 1.807) is 30.3 Å². The fourth-order valence-corrected chi connectivity index (χ4v) is 3.31. The number of carbonyl (C=O) groups is 2. The first kappa shape index (κ1) is 15.9. The fraction of sp³-hybridized carbons (Fsp3) is 0.125. The highest BCUT2D eigenvalue weighted by Gasteiger charge is 2.16. The van der Waals surface area contributed by atoms with Gasteiger partial charge in [0.25, 0.3) is 17.4 Å². The lowest BCUT2D eigenvalue weighted by atomic mass is 10.1. The van der Waals surface area contributed by atoms with Gasteiger partial charge in [-0.25, -0.2) is 5.10 Å². The lowest BCUT2D eigenvalue weighted by Gasteiger charge is -2.08. The SMILES string of the molecule is Cc1cc(C(=O)NNC(=O)c2n[nH]c(=O)c3ccccc23)c(C)s1. The fourth-order valence-electron chi connectivity index (χ4n) is 2.38. The van der Waals surface area contributed by atoms with Crippen LogP contribution in [0.1, 0.15) is 30.6 Å². The zero-order chi connectivity index (χ0) is 17.3. The summed E-state index contributed by atoms with van der Waals surface area (Å²) < 4.78 is 0. The van der Waals surface area contributed by atoms with Crippen LogP contribution < -0.4 is 16.4 Å².